The van der Waals surface area contributed by atoms with E-state index in [9.17, 15) is 9.59 Å². The summed E-state index contributed by atoms with van der Waals surface area (Å²) >= 11 is 0. The van der Waals surface area contributed by atoms with E-state index in [1.54, 1.807) is 17.1 Å². The lowest BCUT2D eigenvalue weighted by molar-refractivity contribution is -0.116. The molecule has 0 bridgehead atoms. The van der Waals surface area contributed by atoms with Gasteiger partial charge in [-0.3, -0.25) is 14.2 Å². The molecular weight excluding hydrogens is 338 g/mol. The third-order valence-electron chi connectivity index (χ3n) is 3.98. The minimum Gasteiger partial charge on any atom is -0.477 e. The maximum absolute atomic E-state index is 12.1. The Bertz CT molecular complexity index is 937. The van der Waals surface area contributed by atoms with E-state index in [4.69, 9.17) is 5.11 Å². The number of aromatic carboxylic acids is 1. The normalized spacial score (nSPS) is 10.8. The Morgan fingerprint density at radius 3 is 2.69 bits per heavy atom. The van der Waals surface area contributed by atoms with Gasteiger partial charge in [-0.2, -0.15) is 15.3 Å². The summed E-state index contributed by atoms with van der Waals surface area (Å²) in [6.07, 6.45) is 6.40. The fraction of sp³-hybridized carbons (Fsp3) is 0.312. The van der Waals surface area contributed by atoms with Gasteiger partial charge in [0.05, 0.1) is 24.6 Å². The molecule has 0 fully saturated rings. The number of carboxylic acids is 1. The van der Waals surface area contributed by atoms with Gasteiger partial charge >= 0.3 is 5.97 Å². The van der Waals surface area contributed by atoms with Gasteiger partial charge in [0.15, 0.2) is 0 Å². The molecule has 0 saturated heterocycles. The first kappa shape index (κ1) is 17.4. The number of carbonyl (C=O) groups is 2. The second kappa shape index (κ2) is 7.21. The van der Waals surface area contributed by atoms with E-state index in [1.807, 2.05) is 24.7 Å². The number of rotatable bonds is 7. The van der Waals surface area contributed by atoms with Gasteiger partial charge in [-0.15, -0.1) is 0 Å². The Morgan fingerprint density at radius 2 is 2.00 bits per heavy atom. The van der Waals surface area contributed by atoms with E-state index in [-0.39, 0.29) is 18.1 Å². The summed E-state index contributed by atoms with van der Waals surface area (Å²) in [5.74, 6) is -1.52. The summed E-state index contributed by atoms with van der Waals surface area (Å²) in [6.45, 7) is 5.19. The number of hydrogen-bond donors (Lipinski definition) is 2. The van der Waals surface area contributed by atoms with Crippen molar-refractivity contribution in [2.45, 2.75) is 33.5 Å². The van der Waals surface area contributed by atoms with Crippen LogP contribution in [0.1, 0.15) is 28.7 Å². The molecule has 3 aromatic heterocycles. The Balaban J connectivity index is 1.62. The van der Waals surface area contributed by atoms with Crippen molar-refractivity contribution < 1.29 is 14.7 Å². The molecule has 0 spiro atoms. The highest BCUT2D eigenvalue weighted by Gasteiger charge is 2.14. The summed E-state index contributed by atoms with van der Waals surface area (Å²) in [6, 6.07) is 1.34. The largest absolute Gasteiger partial charge is 0.477 e. The number of nitrogens with one attached hydrogen (secondary N) is 1. The van der Waals surface area contributed by atoms with Crippen LogP contribution in [0.2, 0.25) is 0 Å². The third-order valence-corrected chi connectivity index (χ3v) is 3.98. The Hall–Kier alpha value is -3.43. The first-order valence-electron chi connectivity index (χ1n) is 8.06. The predicted molar refractivity (Wildman–Crippen MR) is 91.8 cm³/mol. The highest BCUT2D eigenvalue weighted by atomic mass is 16.4. The number of carboxylic acid groups (broad SMARTS) is 1. The van der Waals surface area contributed by atoms with Crippen LogP contribution in [-0.4, -0.2) is 46.3 Å². The summed E-state index contributed by atoms with van der Waals surface area (Å²) in [5.41, 5.74) is 2.61. The average Bonchev–Trinajstić information content (AvgIpc) is 3.30. The smallest absolute Gasteiger partial charge is 0.354 e. The van der Waals surface area contributed by atoms with Gasteiger partial charge in [0.25, 0.3) is 0 Å². The highest BCUT2D eigenvalue weighted by Crippen LogP contribution is 2.12. The Morgan fingerprint density at radius 1 is 1.19 bits per heavy atom. The number of hydrogen-bond acceptors (Lipinski definition) is 5. The van der Waals surface area contributed by atoms with Crippen molar-refractivity contribution >= 4 is 17.6 Å². The molecule has 3 aromatic rings. The predicted octanol–water partition coefficient (Wildman–Crippen LogP) is 0.990. The molecule has 3 heterocycles. The molecule has 0 aliphatic carbocycles. The quantitative estimate of drug-likeness (QED) is 0.651. The first-order chi connectivity index (χ1) is 12.5. The van der Waals surface area contributed by atoms with E-state index in [0.29, 0.717) is 12.2 Å². The Kier molecular flexibility index (Phi) is 4.83. The van der Waals surface area contributed by atoms with E-state index < -0.39 is 5.97 Å². The van der Waals surface area contributed by atoms with Crippen molar-refractivity contribution in [2.75, 3.05) is 5.32 Å². The van der Waals surface area contributed by atoms with Crippen LogP contribution < -0.4 is 5.32 Å². The number of nitrogens with zero attached hydrogens (tertiary/aromatic N) is 6. The van der Waals surface area contributed by atoms with Crippen LogP contribution in [-0.2, 0) is 24.4 Å². The molecule has 0 aliphatic rings. The Labute approximate surface area is 149 Å². The lowest BCUT2D eigenvalue weighted by Gasteiger charge is -2.05. The minimum absolute atomic E-state index is 0.0424. The monoisotopic (exact) mass is 357 g/mol. The average molecular weight is 357 g/mol. The van der Waals surface area contributed by atoms with Crippen LogP contribution >= 0.6 is 0 Å². The second-order valence-electron chi connectivity index (χ2n) is 5.72. The molecule has 2 N–H and O–H groups in total. The molecule has 0 saturated carbocycles. The van der Waals surface area contributed by atoms with Crippen molar-refractivity contribution in [1.82, 2.24) is 29.3 Å². The molecule has 0 atom stereocenters. The van der Waals surface area contributed by atoms with Gasteiger partial charge in [-0.05, 0) is 19.9 Å². The highest BCUT2D eigenvalue weighted by molar-refractivity contribution is 5.91. The number of carbonyl (C=O) groups excluding carboxylic acids is 1. The third kappa shape index (κ3) is 3.63. The molecule has 3 rings (SSSR count). The molecule has 10 heteroatoms. The summed E-state index contributed by atoms with van der Waals surface area (Å²) in [5, 5.41) is 24.1. The zero-order valence-corrected chi connectivity index (χ0v) is 14.5. The van der Waals surface area contributed by atoms with Gasteiger partial charge in [0.1, 0.15) is 12.2 Å². The van der Waals surface area contributed by atoms with Crippen LogP contribution in [0.25, 0.3) is 0 Å². The molecule has 0 aromatic carbocycles. The standard InChI is InChI=1S/C16H19N7O3/c1-3-22-11(2)12(6-19-22)8-21-9-13(7-18-21)20-15(24)10-23-14(16(25)26)4-5-17-23/h4-7,9H,3,8,10H2,1-2H3,(H,20,24)(H,25,26). The van der Waals surface area contributed by atoms with Crippen molar-refractivity contribution in [3.63, 3.8) is 0 Å². The van der Waals surface area contributed by atoms with E-state index >= 15 is 0 Å². The van der Waals surface area contributed by atoms with Crippen LogP contribution in [0, 0.1) is 6.92 Å². The lowest BCUT2D eigenvalue weighted by Crippen LogP contribution is -2.22. The van der Waals surface area contributed by atoms with E-state index in [0.717, 1.165) is 22.5 Å². The van der Waals surface area contributed by atoms with Crippen LogP contribution in [0.3, 0.4) is 0 Å². The SMILES string of the molecule is CCn1ncc(Cn2cc(NC(=O)Cn3nccc3C(=O)O)cn2)c1C. The molecule has 0 aliphatic heterocycles. The van der Waals surface area contributed by atoms with Crippen molar-refractivity contribution in [2.24, 2.45) is 0 Å². The van der Waals surface area contributed by atoms with Crippen molar-refractivity contribution in [3.8, 4) is 0 Å². The molecule has 136 valence electrons. The molecule has 0 radical (unpaired) electrons. The fourth-order valence-electron chi connectivity index (χ4n) is 2.63. The van der Waals surface area contributed by atoms with Crippen LogP contribution in [0.15, 0.2) is 30.9 Å². The van der Waals surface area contributed by atoms with Gasteiger partial charge < -0.3 is 10.4 Å². The maximum atomic E-state index is 12.1. The van der Waals surface area contributed by atoms with Crippen molar-refractivity contribution in [3.05, 3.63) is 47.8 Å². The van der Waals surface area contributed by atoms with Gasteiger partial charge in [0.2, 0.25) is 5.91 Å². The number of aromatic nitrogens is 6. The molecule has 1 amide bonds. The molecule has 0 unspecified atom stereocenters. The molecule has 10 nitrogen and oxygen atoms in total. The maximum Gasteiger partial charge on any atom is 0.354 e. The fourth-order valence-corrected chi connectivity index (χ4v) is 2.63. The lowest BCUT2D eigenvalue weighted by atomic mass is 10.2. The van der Waals surface area contributed by atoms with Gasteiger partial charge in [0, 0.05) is 30.2 Å². The number of aryl methyl sites for hydroxylation is 1. The van der Waals surface area contributed by atoms with E-state index in [2.05, 4.69) is 20.6 Å². The summed E-state index contributed by atoms with van der Waals surface area (Å²) < 4.78 is 4.74. The second-order valence-corrected chi connectivity index (χ2v) is 5.72. The zero-order valence-electron chi connectivity index (χ0n) is 14.5. The van der Waals surface area contributed by atoms with Crippen LogP contribution in [0.4, 0.5) is 5.69 Å². The first-order valence-corrected chi connectivity index (χ1v) is 8.06. The van der Waals surface area contributed by atoms with Crippen LogP contribution in [0.5, 0.6) is 0 Å². The van der Waals surface area contributed by atoms with Gasteiger partial charge in [-0.25, -0.2) is 9.48 Å². The zero-order chi connectivity index (χ0) is 18.7. The number of amides is 1. The van der Waals surface area contributed by atoms with Gasteiger partial charge in [-0.1, -0.05) is 0 Å². The minimum atomic E-state index is -1.13. The van der Waals surface area contributed by atoms with E-state index in [1.165, 1.54) is 12.3 Å². The summed E-state index contributed by atoms with van der Waals surface area (Å²) in [7, 11) is 0. The topological polar surface area (TPSA) is 120 Å². The number of anilines is 1. The molecule has 26 heavy (non-hydrogen) atoms. The molecular formula is C16H19N7O3. The van der Waals surface area contributed by atoms with Crippen molar-refractivity contribution in [1.29, 1.82) is 0 Å². The summed E-state index contributed by atoms with van der Waals surface area (Å²) in [4.78, 5) is 23.1.